The SMILES string of the molecule is Cn1ncc2cc(Br)cc(C=O)c21. The molecular weight excluding hydrogens is 232 g/mol. The first kappa shape index (κ1) is 8.44. The summed E-state index contributed by atoms with van der Waals surface area (Å²) in [5.74, 6) is 0. The van der Waals surface area contributed by atoms with Crippen molar-refractivity contribution in [2.75, 3.05) is 0 Å². The Morgan fingerprint density at radius 2 is 2.31 bits per heavy atom. The second-order valence-electron chi connectivity index (χ2n) is 2.82. The van der Waals surface area contributed by atoms with Crippen LogP contribution in [0.1, 0.15) is 10.4 Å². The van der Waals surface area contributed by atoms with E-state index in [0.29, 0.717) is 5.56 Å². The Bertz CT molecular complexity index is 476. The van der Waals surface area contributed by atoms with E-state index in [-0.39, 0.29) is 0 Å². The molecule has 4 heteroatoms. The first-order chi connectivity index (χ1) is 6.22. The van der Waals surface area contributed by atoms with E-state index >= 15 is 0 Å². The van der Waals surface area contributed by atoms with Crippen LogP contribution in [0.2, 0.25) is 0 Å². The van der Waals surface area contributed by atoms with Gasteiger partial charge in [0.15, 0.2) is 6.29 Å². The second-order valence-corrected chi connectivity index (χ2v) is 3.73. The summed E-state index contributed by atoms with van der Waals surface area (Å²) in [6.07, 6.45) is 2.59. The quantitative estimate of drug-likeness (QED) is 0.714. The summed E-state index contributed by atoms with van der Waals surface area (Å²) in [5, 5.41) is 5.05. The predicted octanol–water partition coefficient (Wildman–Crippen LogP) is 2.15. The van der Waals surface area contributed by atoms with Crippen LogP contribution in [0.15, 0.2) is 22.8 Å². The van der Waals surface area contributed by atoms with Gasteiger partial charge in [-0.3, -0.25) is 9.48 Å². The van der Waals surface area contributed by atoms with Gasteiger partial charge >= 0.3 is 0 Å². The Balaban J connectivity index is 2.92. The molecule has 0 aliphatic heterocycles. The lowest BCUT2D eigenvalue weighted by Crippen LogP contribution is -1.93. The molecule has 13 heavy (non-hydrogen) atoms. The molecule has 0 aliphatic rings. The Kier molecular flexibility index (Phi) is 1.92. The third-order valence-corrected chi connectivity index (χ3v) is 2.41. The zero-order valence-corrected chi connectivity index (χ0v) is 8.58. The van der Waals surface area contributed by atoms with Gasteiger partial charge in [-0.2, -0.15) is 5.10 Å². The van der Waals surface area contributed by atoms with Crippen molar-refractivity contribution in [1.29, 1.82) is 0 Å². The van der Waals surface area contributed by atoms with Crippen molar-refractivity contribution in [2.24, 2.45) is 7.05 Å². The van der Waals surface area contributed by atoms with Crippen molar-refractivity contribution >= 4 is 33.1 Å². The fourth-order valence-corrected chi connectivity index (χ4v) is 1.90. The number of aldehydes is 1. The summed E-state index contributed by atoms with van der Waals surface area (Å²) in [6.45, 7) is 0. The lowest BCUT2D eigenvalue weighted by molar-refractivity contribution is 0.112. The highest BCUT2D eigenvalue weighted by Crippen LogP contribution is 2.22. The number of carbonyl (C=O) groups excluding carboxylic acids is 1. The molecule has 2 rings (SSSR count). The molecule has 3 nitrogen and oxygen atoms in total. The topological polar surface area (TPSA) is 34.9 Å². The van der Waals surface area contributed by atoms with Gasteiger partial charge in [-0.25, -0.2) is 0 Å². The molecule has 1 heterocycles. The Labute approximate surface area is 83.5 Å². The number of aryl methyl sites for hydroxylation is 1. The van der Waals surface area contributed by atoms with Gasteiger partial charge in [-0.1, -0.05) is 15.9 Å². The number of hydrogen-bond donors (Lipinski definition) is 0. The molecule has 0 radical (unpaired) electrons. The summed E-state index contributed by atoms with van der Waals surface area (Å²) in [6, 6.07) is 3.73. The van der Waals surface area contributed by atoms with Crippen LogP contribution in [0, 0.1) is 0 Å². The smallest absolute Gasteiger partial charge is 0.152 e. The number of hydrogen-bond acceptors (Lipinski definition) is 2. The van der Waals surface area contributed by atoms with Crippen molar-refractivity contribution in [3.8, 4) is 0 Å². The number of fused-ring (bicyclic) bond motifs is 1. The molecule has 0 amide bonds. The Hall–Kier alpha value is -1.16. The summed E-state index contributed by atoms with van der Waals surface area (Å²) >= 11 is 3.34. The number of rotatable bonds is 1. The molecule has 0 saturated carbocycles. The fraction of sp³-hybridized carbons (Fsp3) is 0.111. The average Bonchev–Trinajstić information content (AvgIpc) is 2.46. The maximum Gasteiger partial charge on any atom is 0.152 e. The van der Waals surface area contributed by atoms with Crippen molar-refractivity contribution in [3.63, 3.8) is 0 Å². The van der Waals surface area contributed by atoms with Crippen molar-refractivity contribution in [3.05, 3.63) is 28.4 Å². The molecule has 0 N–H and O–H groups in total. The fourth-order valence-electron chi connectivity index (χ4n) is 1.41. The summed E-state index contributed by atoms with van der Waals surface area (Å²) in [4.78, 5) is 10.8. The van der Waals surface area contributed by atoms with E-state index in [1.165, 1.54) is 0 Å². The van der Waals surface area contributed by atoms with Crippen LogP contribution in [0.3, 0.4) is 0 Å². The number of aromatic nitrogens is 2. The monoisotopic (exact) mass is 238 g/mol. The minimum atomic E-state index is 0.657. The maximum absolute atomic E-state index is 10.8. The molecule has 1 aromatic carbocycles. The average molecular weight is 239 g/mol. The minimum Gasteiger partial charge on any atom is -0.298 e. The minimum absolute atomic E-state index is 0.657. The maximum atomic E-state index is 10.8. The molecule has 0 atom stereocenters. The van der Waals surface area contributed by atoms with Gasteiger partial charge in [-0.05, 0) is 12.1 Å². The molecule has 0 bridgehead atoms. The number of benzene rings is 1. The largest absolute Gasteiger partial charge is 0.298 e. The summed E-state index contributed by atoms with van der Waals surface area (Å²) in [7, 11) is 1.82. The standard InChI is InChI=1S/C9H7BrN2O/c1-12-9-6(4-11-12)2-8(10)3-7(9)5-13/h2-5H,1H3. The zero-order chi connectivity index (χ0) is 9.42. The predicted molar refractivity (Wildman–Crippen MR) is 53.8 cm³/mol. The van der Waals surface area contributed by atoms with Crippen molar-refractivity contribution in [1.82, 2.24) is 9.78 Å². The summed E-state index contributed by atoms with van der Waals surface area (Å²) in [5.41, 5.74) is 1.53. The van der Waals surface area contributed by atoms with Gasteiger partial charge < -0.3 is 0 Å². The summed E-state index contributed by atoms with van der Waals surface area (Å²) < 4.78 is 2.60. The Morgan fingerprint density at radius 1 is 1.54 bits per heavy atom. The highest BCUT2D eigenvalue weighted by Gasteiger charge is 2.06. The first-order valence-electron chi connectivity index (χ1n) is 3.79. The molecule has 0 aliphatic carbocycles. The van der Waals surface area contributed by atoms with Gasteiger partial charge in [0.1, 0.15) is 0 Å². The van der Waals surface area contributed by atoms with Gasteiger partial charge in [0.05, 0.1) is 11.7 Å². The molecular formula is C9H7BrN2O. The van der Waals surface area contributed by atoms with E-state index in [0.717, 1.165) is 21.7 Å². The molecule has 2 aromatic rings. The molecule has 0 fully saturated rings. The lowest BCUT2D eigenvalue weighted by Gasteiger charge is -1.98. The number of halogens is 1. The van der Waals surface area contributed by atoms with Gasteiger partial charge in [0, 0.05) is 22.5 Å². The molecule has 0 spiro atoms. The van der Waals surface area contributed by atoms with E-state index in [2.05, 4.69) is 21.0 Å². The van der Waals surface area contributed by atoms with Crippen LogP contribution in [-0.2, 0) is 7.05 Å². The molecule has 0 unspecified atom stereocenters. The van der Waals surface area contributed by atoms with Crippen LogP contribution in [-0.4, -0.2) is 16.1 Å². The first-order valence-corrected chi connectivity index (χ1v) is 4.58. The van der Waals surface area contributed by atoms with Gasteiger partial charge in [0.2, 0.25) is 0 Å². The van der Waals surface area contributed by atoms with Crippen LogP contribution in [0.25, 0.3) is 10.9 Å². The van der Waals surface area contributed by atoms with E-state index in [9.17, 15) is 4.79 Å². The molecule has 1 aromatic heterocycles. The number of carbonyl (C=O) groups is 1. The van der Waals surface area contributed by atoms with Crippen molar-refractivity contribution in [2.45, 2.75) is 0 Å². The van der Waals surface area contributed by atoms with Crippen molar-refractivity contribution < 1.29 is 4.79 Å². The van der Waals surface area contributed by atoms with Gasteiger partial charge in [0.25, 0.3) is 0 Å². The normalized spacial score (nSPS) is 10.6. The second kappa shape index (κ2) is 2.96. The van der Waals surface area contributed by atoms with Crippen LogP contribution in [0.5, 0.6) is 0 Å². The zero-order valence-electron chi connectivity index (χ0n) is 6.99. The van der Waals surface area contributed by atoms with Crippen LogP contribution < -0.4 is 0 Å². The highest BCUT2D eigenvalue weighted by molar-refractivity contribution is 9.10. The van der Waals surface area contributed by atoms with Crippen LogP contribution in [0.4, 0.5) is 0 Å². The van der Waals surface area contributed by atoms with E-state index in [1.807, 2.05) is 13.1 Å². The molecule has 66 valence electrons. The lowest BCUT2D eigenvalue weighted by atomic mass is 10.2. The third kappa shape index (κ3) is 1.27. The van der Waals surface area contributed by atoms with E-state index < -0.39 is 0 Å². The number of nitrogens with zero attached hydrogens (tertiary/aromatic N) is 2. The van der Waals surface area contributed by atoms with Crippen LogP contribution >= 0.6 is 15.9 Å². The molecule has 0 saturated heterocycles. The van der Waals surface area contributed by atoms with Gasteiger partial charge in [-0.15, -0.1) is 0 Å². The van der Waals surface area contributed by atoms with E-state index in [1.54, 1.807) is 16.9 Å². The Morgan fingerprint density at radius 3 is 3.00 bits per heavy atom. The van der Waals surface area contributed by atoms with E-state index in [4.69, 9.17) is 0 Å². The highest BCUT2D eigenvalue weighted by atomic mass is 79.9. The third-order valence-electron chi connectivity index (χ3n) is 1.95.